The first kappa shape index (κ1) is 12.4. The number of rotatable bonds is 4. The molecule has 1 saturated heterocycles. The third-order valence-corrected chi connectivity index (χ3v) is 3.05. The molecule has 1 rings (SSSR count). The SMILES string of the molecule is CNC(C)C(=O)NCC1(O)CCOC1C. The Morgan fingerprint density at radius 1 is 1.73 bits per heavy atom. The van der Waals surface area contributed by atoms with Crippen molar-refractivity contribution in [2.45, 2.75) is 38.0 Å². The molecule has 1 aliphatic rings. The minimum Gasteiger partial charge on any atom is -0.385 e. The van der Waals surface area contributed by atoms with Crippen LogP contribution in [0.25, 0.3) is 0 Å². The predicted octanol–water partition coefficient (Wildman–Crippen LogP) is -0.750. The van der Waals surface area contributed by atoms with E-state index in [0.29, 0.717) is 13.0 Å². The molecule has 5 heteroatoms. The number of aliphatic hydroxyl groups is 1. The van der Waals surface area contributed by atoms with Gasteiger partial charge in [-0.15, -0.1) is 0 Å². The van der Waals surface area contributed by atoms with Gasteiger partial charge in [0.1, 0.15) is 5.60 Å². The molecule has 1 amide bonds. The van der Waals surface area contributed by atoms with E-state index in [1.807, 2.05) is 6.92 Å². The van der Waals surface area contributed by atoms with Crippen LogP contribution in [0.15, 0.2) is 0 Å². The maximum absolute atomic E-state index is 11.5. The molecule has 0 radical (unpaired) electrons. The van der Waals surface area contributed by atoms with Gasteiger partial charge in [-0.1, -0.05) is 0 Å². The molecule has 0 bridgehead atoms. The highest BCUT2D eigenvalue weighted by atomic mass is 16.5. The summed E-state index contributed by atoms with van der Waals surface area (Å²) in [5.41, 5.74) is -0.914. The molecule has 3 atom stereocenters. The Bertz CT molecular complexity index is 235. The topological polar surface area (TPSA) is 70.6 Å². The maximum atomic E-state index is 11.5. The van der Waals surface area contributed by atoms with Crippen molar-refractivity contribution in [2.24, 2.45) is 0 Å². The van der Waals surface area contributed by atoms with E-state index in [0.717, 1.165) is 0 Å². The highest BCUT2D eigenvalue weighted by molar-refractivity contribution is 5.81. The summed E-state index contributed by atoms with van der Waals surface area (Å²) < 4.78 is 5.27. The Morgan fingerprint density at radius 3 is 2.87 bits per heavy atom. The van der Waals surface area contributed by atoms with Gasteiger partial charge in [-0.3, -0.25) is 4.79 Å². The van der Waals surface area contributed by atoms with Crippen LogP contribution in [0.4, 0.5) is 0 Å². The third kappa shape index (κ3) is 2.90. The van der Waals surface area contributed by atoms with Crippen molar-refractivity contribution in [1.29, 1.82) is 0 Å². The zero-order chi connectivity index (χ0) is 11.5. The molecule has 1 fully saturated rings. The zero-order valence-corrected chi connectivity index (χ0v) is 9.54. The Balaban J connectivity index is 2.39. The molecule has 15 heavy (non-hydrogen) atoms. The smallest absolute Gasteiger partial charge is 0.236 e. The van der Waals surface area contributed by atoms with Gasteiger partial charge in [-0.05, 0) is 20.9 Å². The van der Waals surface area contributed by atoms with Gasteiger partial charge in [-0.25, -0.2) is 0 Å². The second kappa shape index (κ2) is 4.92. The van der Waals surface area contributed by atoms with Crippen molar-refractivity contribution in [1.82, 2.24) is 10.6 Å². The Kier molecular flexibility index (Phi) is 4.07. The van der Waals surface area contributed by atoms with Crippen LogP contribution in [0.5, 0.6) is 0 Å². The molecule has 3 unspecified atom stereocenters. The van der Waals surface area contributed by atoms with Crippen LogP contribution in [-0.4, -0.2) is 49.0 Å². The van der Waals surface area contributed by atoms with E-state index in [4.69, 9.17) is 4.74 Å². The molecule has 0 aromatic heterocycles. The van der Waals surface area contributed by atoms with Gasteiger partial charge in [-0.2, -0.15) is 0 Å². The van der Waals surface area contributed by atoms with E-state index < -0.39 is 5.60 Å². The second-order valence-electron chi connectivity index (χ2n) is 4.09. The third-order valence-electron chi connectivity index (χ3n) is 3.05. The molecular formula is C10H20N2O3. The molecule has 0 aromatic rings. The van der Waals surface area contributed by atoms with Crippen molar-refractivity contribution in [3.8, 4) is 0 Å². The number of nitrogens with one attached hydrogen (secondary N) is 2. The van der Waals surface area contributed by atoms with Gasteiger partial charge in [0.2, 0.25) is 5.91 Å². The minimum absolute atomic E-state index is 0.106. The van der Waals surface area contributed by atoms with Crippen molar-refractivity contribution in [3.05, 3.63) is 0 Å². The fourth-order valence-corrected chi connectivity index (χ4v) is 1.53. The molecule has 3 N–H and O–H groups in total. The summed E-state index contributed by atoms with van der Waals surface area (Å²) in [6, 6.07) is -0.244. The number of ether oxygens (including phenoxy) is 1. The summed E-state index contributed by atoms with van der Waals surface area (Å²) in [6.07, 6.45) is 0.352. The predicted molar refractivity (Wildman–Crippen MR) is 56.5 cm³/mol. The van der Waals surface area contributed by atoms with Crippen LogP contribution >= 0.6 is 0 Å². The lowest BCUT2D eigenvalue weighted by molar-refractivity contribution is -0.124. The average molecular weight is 216 g/mol. The zero-order valence-electron chi connectivity index (χ0n) is 9.54. The molecule has 0 saturated carbocycles. The number of carbonyl (C=O) groups excluding carboxylic acids is 1. The van der Waals surface area contributed by atoms with E-state index in [9.17, 15) is 9.90 Å². The van der Waals surface area contributed by atoms with Crippen LogP contribution < -0.4 is 10.6 Å². The normalized spacial score (nSPS) is 32.7. The van der Waals surface area contributed by atoms with Crippen LogP contribution in [0.2, 0.25) is 0 Å². The number of likely N-dealkylation sites (N-methyl/N-ethyl adjacent to an activating group) is 1. The largest absolute Gasteiger partial charge is 0.385 e. The van der Waals surface area contributed by atoms with Gasteiger partial charge in [0.25, 0.3) is 0 Å². The molecule has 0 aliphatic carbocycles. The quantitative estimate of drug-likeness (QED) is 0.578. The van der Waals surface area contributed by atoms with Gasteiger partial charge < -0.3 is 20.5 Å². The Hall–Kier alpha value is -0.650. The maximum Gasteiger partial charge on any atom is 0.236 e. The van der Waals surface area contributed by atoms with Gasteiger partial charge >= 0.3 is 0 Å². The molecule has 0 spiro atoms. The Morgan fingerprint density at radius 2 is 2.40 bits per heavy atom. The molecule has 0 aromatic carbocycles. The number of amides is 1. The minimum atomic E-state index is -0.914. The monoisotopic (exact) mass is 216 g/mol. The summed E-state index contributed by atoms with van der Waals surface area (Å²) in [7, 11) is 1.72. The van der Waals surface area contributed by atoms with Gasteiger partial charge in [0, 0.05) is 19.6 Å². The molecule has 88 valence electrons. The summed E-state index contributed by atoms with van der Waals surface area (Å²) in [5.74, 6) is -0.106. The van der Waals surface area contributed by atoms with E-state index in [1.165, 1.54) is 0 Å². The molecule has 1 heterocycles. The summed E-state index contributed by atoms with van der Waals surface area (Å²) in [5, 5.41) is 15.7. The van der Waals surface area contributed by atoms with Crippen molar-refractivity contribution in [2.75, 3.05) is 20.2 Å². The van der Waals surface area contributed by atoms with Crippen LogP contribution in [0, 0.1) is 0 Å². The fraction of sp³-hybridized carbons (Fsp3) is 0.900. The first-order valence-electron chi connectivity index (χ1n) is 5.28. The lowest BCUT2D eigenvalue weighted by atomic mass is 9.96. The van der Waals surface area contributed by atoms with E-state index in [-0.39, 0.29) is 24.6 Å². The summed E-state index contributed by atoms with van der Waals surface area (Å²) in [4.78, 5) is 11.5. The number of hydrogen-bond acceptors (Lipinski definition) is 4. The van der Waals surface area contributed by atoms with Crippen molar-refractivity contribution in [3.63, 3.8) is 0 Å². The van der Waals surface area contributed by atoms with Crippen LogP contribution in [-0.2, 0) is 9.53 Å². The summed E-state index contributed by atoms with van der Waals surface area (Å²) >= 11 is 0. The number of hydrogen-bond donors (Lipinski definition) is 3. The summed E-state index contributed by atoms with van der Waals surface area (Å²) in [6.45, 7) is 4.39. The van der Waals surface area contributed by atoms with Gasteiger partial charge in [0.15, 0.2) is 0 Å². The average Bonchev–Trinajstić information content (AvgIpc) is 2.55. The Labute approximate surface area is 90.2 Å². The first-order chi connectivity index (χ1) is 6.99. The second-order valence-corrected chi connectivity index (χ2v) is 4.09. The van der Waals surface area contributed by atoms with Crippen LogP contribution in [0.3, 0.4) is 0 Å². The lowest BCUT2D eigenvalue weighted by Crippen LogP contribution is -2.50. The standard InChI is InChI=1S/C10H20N2O3/c1-7(11-3)9(13)12-6-10(14)4-5-15-8(10)2/h7-8,11,14H,4-6H2,1-3H3,(H,12,13). The highest BCUT2D eigenvalue weighted by Crippen LogP contribution is 2.24. The van der Waals surface area contributed by atoms with E-state index in [2.05, 4.69) is 10.6 Å². The lowest BCUT2D eigenvalue weighted by Gasteiger charge is -2.26. The fourth-order valence-electron chi connectivity index (χ4n) is 1.53. The number of carbonyl (C=O) groups is 1. The van der Waals surface area contributed by atoms with Crippen LogP contribution in [0.1, 0.15) is 20.3 Å². The van der Waals surface area contributed by atoms with Gasteiger partial charge in [0.05, 0.1) is 12.1 Å². The van der Waals surface area contributed by atoms with Crippen molar-refractivity contribution < 1.29 is 14.6 Å². The van der Waals surface area contributed by atoms with E-state index in [1.54, 1.807) is 14.0 Å². The van der Waals surface area contributed by atoms with Crippen molar-refractivity contribution >= 4 is 5.91 Å². The molecule has 5 nitrogen and oxygen atoms in total. The van der Waals surface area contributed by atoms with E-state index >= 15 is 0 Å². The first-order valence-corrected chi connectivity index (χ1v) is 5.28. The molecular weight excluding hydrogens is 196 g/mol. The highest BCUT2D eigenvalue weighted by Gasteiger charge is 2.39. The molecule has 1 aliphatic heterocycles.